The van der Waals surface area contributed by atoms with Crippen molar-refractivity contribution in [2.24, 2.45) is 0 Å². The monoisotopic (exact) mass is 362 g/mol. The van der Waals surface area contributed by atoms with Crippen LogP contribution in [0, 0.1) is 0 Å². The third kappa shape index (κ3) is 4.39. The molecule has 22 heavy (non-hydrogen) atoms. The van der Waals surface area contributed by atoms with Crippen molar-refractivity contribution in [3.8, 4) is 0 Å². The molecule has 6 heteroatoms. The zero-order valence-electron chi connectivity index (χ0n) is 12.0. The van der Waals surface area contributed by atoms with Crippen LogP contribution in [0.4, 0.5) is 0 Å². The molecule has 1 atom stereocenters. The van der Waals surface area contributed by atoms with E-state index < -0.39 is 5.97 Å². The topological polar surface area (TPSA) is 68.3 Å². The summed E-state index contributed by atoms with van der Waals surface area (Å²) >= 11 is 3.44. The first kappa shape index (κ1) is 16.2. The number of aromatic nitrogens is 1. The molecule has 0 radical (unpaired) electrons. The average Bonchev–Trinajstić information content (AvgIpc) is 2.53. The van der Waals surface area contributed by atoms with Gasteiger partial charge in [0.05, 0.1) is 11.6 Å². The molecule has 1 aromatic heterocycles. The fourth-order valence-electron chi connectivity index (χ4n) is 1.89. The van der Waals surface area contributed by atoms with E-state index in [-0.39, 0.29) is 18.6 Å². The number of nitrogens with one attached hydrogen (secondary N) is 1. The molecule has 0 aliphatic rings. The van der Waals surface area contributed by atoms with Gasteiger partial charge in [-0.2, -0.15) is 0 Å². The van der Waals surface area contributed by atoms with Gasteiger partial charge in [0, 0.05) is 16.9 Å². The van der Waals surface area contributed by atoms with E-state index in [4.69, 9.17) is 4.74 Å². The smallest absolute Gasteiger partial charge is 0.338 e. The van der Waals surface area contributed by atoms with Crippen molar-refractivity contribution in [3.05, 3.63) is 64.4 Å². The predicted octanol–water partition coefficient (Wildman–Crippen LogP) is 2.88. The van der Waals surface area contributed by atoms with Crippen LogP contribution in [0.5, 0.6) is 0 Å². The maximum Gasteiger partial charge on any atom is 0.338 e. The first-order valence-corrected chi connectivity index (χ1v) is 7.48. The number of nitrogens with zero attached hydrogens (tertiary/aromatic N) is 1. The number of carbonyl (C=O) groups is 2. The number of pyridine rings is 1. The van der Waals surface area contributed by atoms with Crippen LogP contribution in [0.2, 0.25) is 0 Å². The molecule has 2 rings (SSSR count). The minimum Gasteiger partial charge on any atom is -0.452 e. The second-order valence-corrected chi connectivity index (χ2v) is 5.48. The number of carbonyl (C=O) groups excluding carboxylic acids is 2. The third-order valence-electron chi connectivity index (χ3n) is 3.00. The van der Waals surface area contributed by atoms with Gasteiger partial charge in [-0.05, 0) is 30.7 Å². The first-order chi connectivity index (χ1) is 10.6. The van der Waals surface area contributed by atoms with Crippen molar-refractivity contribution in [1.29, 1.82) is 0 Å². The highest BCUT2D eigenvalue weighted by molar-refractivity contribution is 9.10. The summed E-state index contributed by atoms with van der Waals surface area (Å²) in [5.74, 6) is -0.906. The molecule has 1 N–H and O–H groups in total. The van der Waals surface area contributed by atoms with Crippen molar-refractivity contribution >= 4 is 27.8 Å². The van der Waals surface area contributed by atoms with Gasteiger partial charge < -0.3 is 10.1 Å². The van der Waals surface area contributed by atoms with Gasteiger partial charge in [0.1, 0.15) is 0 Å². The molecule has 5 nitrogen and oxygen atoms in total. The van der Waals surface area contributed by atoms with Gasteiger partial charge in [0.2, 0.25) is 0 Å². The summed E-state index contributed by atoms with van der Waals surface area (Å²) in [5, 5.41) is 2.79. The van der Waals surface area contributed by atoms with E-state index in [0.29, 0.717) is 5.56 Å². The normalized spacial score (nSPS) is 11.5. The molecule has 0 fully saturated rings. The predicted molar refractivity (Wildman–Crippen MR) is 85.2 cm³/mol. The molecule has 1 aromatic carbocycles. The molecule has 0 aliphatic heterocycles. The molecule has 0 bridgehead atoms. The third-order valence-corrected chi connectivity index (χ3v) is 3.72. The van der Waals surface area contributed by atoms with E-state index in [9.17, 15) is 9.59 Å². The van der Waals surface area contributed by atoms with Crippen LogP contribution in [-0.2, 0) is 9.53 Å². The van der Waals surface area contributed by atoms with Gasteiger partial charge in [-0.1, -0.05) is 34.1 Å². The van der Waals surface area contributed by atoms with Crippen molar-refractivity contribution in [1.82, 2.24) is 10.3 Å². The van der Waals surface area contributed by atoms with E-state index in [1.807, 2.05) is 31.2 Å². The summed E-state index contributed by atoms with van der Waals surface area (Å²) in [5.41, 5.74) is 1.32. The number of halogens is 1. The quantitative estimate of drug-likeness (QED) is 0.830. The van der Waals surface area contributed by atoms with Gasteiger partial charge in [0.25, 0.3) is 5.91 Å². The molecule has 0 saturated heterocycles. The van der Waals surface area contributed by atoms with E-state index in [0.717, 1.165) is 10.0 Å². The summed E-state index contributed by atoms with van der Waals surface area (Å²) in [6.45, 7) is 1.54. The van der Waals surface area contributed by atoms with Gasteiger partial charge in [-0.3, -0.25) is 9.78 Å². The Balaban J connectivity index is 1.86. The molecule has 2 aromatic rings. The summed E-state index contributed by atoms with van der Waals surface area (Å²) in [4.78, 5) is 27.4. The van der Waals surface area contributed by atoms with Crippen LogP contribution in [0.1, 0.15) is 28.9 Å². The Morgan fingerprint density at radius 3 is 2.59 bits per heavy atom. The lowest BCUT2D eigenvalue weighted by atomic mass is 10.1. The largest absolute Gasteiger partial charge is 0.452 e. The second-order valence-electron chi connectivity index (χ2n) is 4.62. The fraction of sp³-hybridized carbons (Fsp3) is 0.188. The lowest BCUT2D eigenvalue weighted by Gasteiger charge is -2.15. The van der Waals surface area contributed by atoms with E-state index >= 15 is 0 Å². The van der Waals surface area contributed by atoms with E-state index in [1.54, 1.807) is 0 Å². The zero-order chi connectivity index (χ0) is 15.9. The maximum absolute atomic E-state index is 11.9. The number of ether oxygens (including phenoxy) is 1. The molecule has 0 saturated carbocycles. The summed E-state index contributed by atoms with van der Waals surface area (Å²) in [6.07, 6.45) is 2.98. The van der Waals surface area contributed by atoms with Crippen LogP contribution in [-0.4, -0.2) is 23.5 Å². The van der Waals surface area contributed by atoms with Crippen molar-refractivity contribution in [3.63, 3.8) is 0 Å². The highest BCUT2D eigenvalue weighted by Gasteiger charge is 2.14. The highest BCUT2D eigenvalue weighted by Crippen LogP contribution is 2.22. The van der Waals surface area contributed by atoms with E-state index in [1.165, 1.54) is 24.5 Å². The van der Waals surface area contributed by atoms with E-state index in [2.05, 4.69) is 26.2 Å². The van der Waals surface area contributed by atoms with Crippen molar-refractivity contribution in [2.75, 3.05) is 6.61 Å². The Kier molecular flexibility index (Phi) is 5.66. The van der Waals surface area contributed by atoms with Crippen molar-refractivity contribution < 1.29 is 14.3 Å². The van der Waals surface area contributed by atoms with Crippen LogP contribution in [0.3, 0.4) is 0 Å². The Morgan fingerprint density at radius 1 is 1.23 bits per heavy atom. The molecule has 114 valence electrons. The summed E-state index contributed by atoms with van der Waals surface area (Å²) < 4.78 is 5.88. The first-order valence-electron chi connectivity index (χ1n) is 6.69. The Morgan fingerprint density at radius 2 is 1.91 bits per heavy atom. The minimum absolute atomic E-state index is 0.192. The van der Waals surface area contributed by atoms with Crippen LogP contribution in [0.15, 0.2) is 53.3 Å². The lowest BCUT2D eigenvalue weighted by Crippen LogP contribution is -2.31. The van der Waals surface area contributed by atoms with Gasteiger partial charge in [-0.15, -0.1) is 0 Å². The molecular formula is C16H15BrN2O3. The molecule has 0 spiro atoms. The standard InChI is InChI=1S/C16H15BrN2O3/c1-11(13-4-2-3-5-14(13)17)19-15(20)10-22-16(21)12-6-8-18-9-7-12/h2-9,11H,10H2,1H3,(H,19,20)/t11-/m1/s1. The van der Waals surface area contributed by atoms with Crippen LogP contribution in [0.25, 0.3) is 0 Å². The van der Waals surface area contributed by atoms with Gasteiger partial charge in [0.15, 0.2) is 6.61 Å². The number of hydrogen-bond acceptors (Lipinski definition) is 4. The molecule has 1 amide bonds. The van der Waals surface area contributed by atoms with Crippen molar-refractivity contribution in [2.45, 2.75) is 13.0 Å². The van der Waals surface area contributed by atoms with Gasteiger partial charge >= 0.3 is 5.97 Å². The number of hydrogen-bond donors (Lipinski definition) is 1. The summed E-state index contributed by atoms with van der Waals surface area (Å²) in [6, 6.07) is 10.5. The Labute approximate surface area is 136 Å². The Bertz CT molecular complexity index is 661. The number of benzene rings is 1. The van der Waals surface area contributed by atoms with Gasteiger partial charge in [-0.25, -0.2) is 4.79 Å². The molecule has 0 aliphatic carbocycles. The highest BCUT2D eigenvalue weighted by atomic mass is 79.9. The maximum atomic E-state index is 11.9. The Hall–Kier alpha value is -2.21. The second kappa shape index (κ2) is 7.70. The van der Waals surface area contributed by atoms with Crippen LogP contribution < -0.4 is 5.32 Å². The molecular weight excluding hydrogens is 348 g/mol. The number of rotatable bonds is 5. The summed E-state index contributed by atoms with van der Waals surface area (Å²) in [7, 11) is 0. The number of amides is 1. The average molecular weight is 363 g/mol. The fourth-order valence-corrected chi connectivity index (χ4v) is 2.52. The van der Waals surface area contributed by atoms with Crippen LogP contribution >= 0.6 is 15.9 Å². The minimum atomic E-state index is -0.550. The number of esters is 1. The molecule has 1 heterocycles. The molecule has 0 unspecified atom stereocenters. The lowest BCUT2D eigenvalue weighted by molar-refractivity contribution is -0.124. The zero-order valence-corrected chi connectivity index (χ0v) is 13.5. The SMILES string of the molecule is C[C@@H](NC(=O)COC(=O)c1ccncc1)c1ccccc1Br.